The number of amides is 1. The molecule has 1 atom stereocenters. The fraction of sp³-hybridized carbons (Fsp3) is 0.167. The maximum Gasteiger partial charge on any atom is 0.340 e. The van der Waals surface area contributed by atoms with Crippen LogP contribution in [0.15, 0.2) is 60.7 Å². The molecule has 0 fully saturated rings. The number of nitrogens with one attached hydrogen (secondary N) is 1. The number of ether oxygens (including phenoxy) is 1. The van der Waals surface area contributed by atoms with Crippen molar-refractivity contribution in [3.63, 3.8) is 0 Å². The zero-order valence-corrected chi connectivity index (χ0v) is 13.6. The molecule has 0 aliphatic heterocycles. The second kappa shape index (κ2) is 10.6. The van der Waals surface area contributed by atoms with E-state index in [1.165, 1.54) is 6.92 Å². The molecule has 0 saturated carbocycles. The number of aliphatic hydroxyl groups excluding tert-OH is 1. The Balaban J connectivity index is 0.000000251. The number of carboxylic acids is 1. The van der Waals surface area contributed by atoms with Crippen LogP contribution in [0.1, 0.15) is 17.3 Å². The van der Waals surface area contributed by atoms with Crippen LogP contribution in [0, 0.1) is 0 Å². The van der Waals surface area contributed by atoms with Gasteiger partial charge in [0.15, 0.2) is 0 Å². The van der Waals surface area contributed by atoms with E-state index in [1.807, 2.05) is 6.07 Å². The average Bonchev–Trinajstić information content (AvgIpc) is 2.61. The molecule has 0 aliphatic rings. The number of rotatable bonds is 5. The van der Waals surface area contributed by atoms with E-state index in [1.54, 1.807) is 54.6 Å². The summed E-state index contributed by atoms with van der Waals surface area (Å²) in [6, 6.07) is 17.1. The molecule has 1 amide bonds. The lowest BCUT2D eigenvalue weighted by atomic mass is 10.2. The van der Waals surface area contributed by atoms with Crippen LogP contribution >= 0.6 is 0 Å². The van der Waals surface area contributed by atoms with Gasteiger partial charge in [0.25, 0.3) is 5.91 Å². The summed E-state index contributed by atoms with van der Waals surface area (Å²) < 4.78 is 4.79. The van der Waals surface area contributed by atoms with E-state index in [-0.39, 0.29) is 12.5 Å². The van der Waals surface area contributed by atoms with Crippen molar-refractivity contribution in [2.75, 3.05) is 6.54 Å². The van der Waals surface area contributed by atoms with Gasteiger partial charge in [0.05, 0.1) is 0 Å². The second-order valence-electron chi connectivity index (χ2n) is 4.85. The fourth-order valence-corrected chi connectivity index (χ4v) is 1.54. The number of esters is 1. The van der Waals surface area contributed by atoms with Gasteiger partial charge in [-0.05, 0) is 31.2 Å². The summed E-state index contributed by atoms with van der Waals surface area (Å²) >= 11 is 0. The van der Waals surface area contributed by atoms with Gasteiger partial charge in [-0.2, -0.15) is 0 Å². The number of carbonyl (C=O) groups is 3. The summed E-state index contributed by atoms with van der Waals surface area (Å²) in [5, 5.41) is 19.4. The minimum absolute atomic E-state index is 0.353. The first kappa shape index (κ1) is 19.9. The highest BCUT2D eigenvalue weighted by Gasteiger charge is 2.10. The van der Waals surface area contributed by atoms with Crippen molar-refractivity contribution in [2.24, 2.45) is 0 Å². The maximum atomic E-state index is 11.2. The molecule has 3 N–H and O–H groups in total. The predicted octanol–water partition coefficient (Wildman–Crippen LogP) is 1.47. The topological polar surface area (TPSA) is 113 Å². The quantitative estimate of drug-likeness (QED) is 0.559. The third-order valence-corrected chi connectivity index (χ3v) is 2.74. The molecule has 7 nitrogen and oxygen atoms in total. The van der Waals surface area contributed by atoms with E-state index in [9.17, 15) is 14.4 Å². The smallest absolute Gasteiger partial charge is 0.340 e. The minimum atomic E-state index is -1.08. The van der Waals surface area contributed by atoms with Crippen LogP contribution in [-0.4, -0.2) is 40.7 Å². The van der Waals surface area contributed by atoms with Gasteiger partial charge in [-0.15, -0.1) is 0 Å². The van der Waals surface area contributed by atoms with E-state index in [2.05, 4.69) is 5.32 Å². The zero-order chi connectivity index (χ0) is 18.7. The first-order valence-electron chi connectivity index (χ1n) is 7.40. The lowest BCUT2D eigenvalue weighted by Gasteiger charge is -2.04. The SMILES string of the molecule is CC(O)C(=O)Oc1ccccc1.O=C(O)CNC(=O)c1ccccc1. The maximum absolute atomic E-state index is 11.2. The van der Waals surface area contributed by atoms with Crippen LogP contribution in [0.2, 0.25) is 0 Å². The van der Waals surface area contributed by atoms with Crippen molar-refractivity contribution >= 4 is 17.8 Å². The molecule has 2 aromatic rings. The van der Waals surface area contributed by atoms with Gasteiger partial charge in [0.1, 0.15) is 18.4 Å². The molecule has 0 bridgehead atoms. The molecule has 132 valence electrons. The first-order chi connectivity index (χ1) is 11.9. The van der Waals surface area contributed by atoms with Gasteiger partial charge in [-0.1, -0.05) is 36.4 Å². The second-order valence-corrected chi connectivity index (χ2v) is 4.85. The number of para-hydroxylation sites is 1. The van der Waals surface area contributed by atoms with Gasteiger partial charge in [-0.3, -0.25) is 9.59 Å². The van der Waals surface area contributed by atoms with Gasteiger partial charge in [-0.25, -0.2) is 4.79 Å². The molecule has 0 aromatic heterocycles. The lowest BCUT2D eigenvalue weighted by Crippen LogP contribution is -2.29. The highest BCUT2D eigenvalue weighted by molar-refractivity contribution is 5.95. The lowest BCUT2D eigenvalue weighted by molar-refractivity contribution is -0.142. The summed E-state index contributed by atoms with van der Waals surface area (Å²) in [6.07, 6.45) is -1.08. The Labute approximate surface area is 144 Å². The number of aliphatic hydroxyl groups is 1. The largest absolute Gasteiger partial charge is 0.480 e. The first-order valence-corrected chi connectivity index (χ1v) is 7.40. The van der Waals surface area contributed by atoms with Crippen LogP contribution in [0.3, 0.4) is 0 Å². The van der Waals surface area contributed by atoms with Gasteiger partial charge in [0, 0.05) is 5.56 Å². The molecule has 2 rings (SSSR count). The van der Waals surface area contributed by atoms with E-state index >= 15 is 0 Å². The van der Waals surface area contributed by atoms with E-state index < -0.39 is 18.0 Å². The predicted molar refractivity (Wildman–Crippen MR) is 90.2 cm³/mol. The Bertz CT molecular complexity index is 685. The molecule has 25 heavy (non-hydrogen) atoms. The fourth-order valence-electron chi connectivity index (χ4n) is 1.54. The molecule has 7 heteroatoms. The van der Waals surface area contributed by atoms with E-state index in [4.69, 9.17) is 14.9 Å². The van der Waals surface area contributed by atoms with Crippen LogP contribution < -0.4 is 10.1 Å². The van der Waals surface area contributed by atoms with E-state index in [0.717, 1.165) is 0 Å². The Kier molecular flexibility index (Phi) is 8.39. The molecule has 0 heterocycles. The van der Waals surface area contributed by atoms with E-state index in [0.29, 0.717) is 11.3 Å². The highest BCUT2D eigenvalue weighted by atomic mass is 16.5. The number of carboxylic acid groups (broad SMARTS) is 1. The zero-order valence-electron chi connectivity index (χ0n) is 13.6. The number of carbonyl (C=O) groups excluding carboxylic acids is 2. The number of hydrogen-bond acceptors (Lipinski definition) is 5. The van der Waals surface area contributed by atoms with Crippen LogP contribution in [-0.2, 0) is 9.59 Å². The number of hydrogen-bond donors (Lipinski definition) is 3. The van der Waals surface area contributed by atoms with Crippen molar-refractivity contribution in [1.82, 2.24) is 5.32 Å². The van der Waals surface area contributed by atoms with Crippen LogP contribution in [0.25, 0.3) is 0 Å². The van der Waals surface area contributed by atoms with Gasteiger partial charge >= 0.3 is 11.9 Å². The summed E-state index contributed by atoms with van der Waals surface area (Å²) in [7, 11) is 0. The van der Waals surface area contributed by atoms with Crippen molar-refractivity contribution in [3.05, 3.63) is 66.2 Å². The molecule has 0 aliphatic carbocycles. The summed E-state index contributed by atoms with van der Waals surface area (Å²) in [5.41, 5.74) is 0.462. The molecular weight excluding hydrogens is 326 g/mol. The standard InChI is InChI=1S/C9H9NO3.C9H10O3/c11-8(12)6-10-9(13)7-4-2-1-3-5-7;1-7(10)9(11)12-8-5-3-2-4-6-8/h1-5H,6H2,(H,10,13)(H,11,12);2-7,10H,1H3. The minimum Gasteiger partial charge on any atom is -0.480 e. The molecule has 1 unspecified atom stereocenters. The Hall–Kier alpha value is -3.19. The van der Waals surface area contributed by atoms with Crippen molar-refractivity contribution < 1.29 is 29.3 Å². The molecule has 0 radical (unpaired) electrons. The van der Waals surface area contributed by atoms with Crippen molar-refractivity contribution in [1.29, 1.82) is 0 Å². The summed E-state index contributed by atoms with van der Waals surface area (Å²) in [6.45, 7) is 1.01. The third kappa shape index (κ3) is 8.29. The highest BCUT2D eigenvalue weighted by Crippen LogP contribution is 2.08. The average molecular weight is 345 g/mol. The Morgan fingerprint density at radius 3 is 2.00 bits per heavy atom. The monoisotopic (exact) mass is 345 g/mol. The molecular formula is C18H19NO6. The normalized spacial score (nSPS) is 10.6. The van der Waals surface area contributed by atoms with Gasteiger partial charge < -0.3 is 20.3 Å². The van der Waals surface area contributed by atoms with Gasteiger partial charge in [0.2, 0.25) is 0 Å². The van der Waals surface area contributed by atoms with Crippen LogP contribution in [0.4, 0.5) is 0 Å². The summed E-state index contributed by atoms with van der Waals surface area (Å²) in [5.74, 6) is -1.61. The Morgan fingerprint density at radius 2 is 1.52 bits per heavy atom. The molecule has 0 spiro atoms. The van der Waals surface area contributed by atoms with Crippen molar-refractivity contribution in [2.45, 2.75) is 13.0 Å². The molecule has 2 aromatic carbocycles. The molecule has 0 saturated heterocycles. The van der Waals surface area contributed by atoms with Crippen molar-refractivity contribution in [3.8, 4) is 5.75 Å². The van der Waals surface area contributed by atoms with Crippen LogP contribution in [0.5, 0.6) is 5.75 Å². The summed E-state index contributed by atoms with van der Waals surface area (Å²) in [4.78, 5) is 32.1. The third-order valence-electron chi connectivity index (χ3n) is 2.74. The number of benzene rings is 2. The number of aliphatic carboxylic acids is 1. The Morgan fingerprint density at radius 1 is 1.00 bits per heavy atom.